The zero-order valence-corrected chi connectivity index (χ0v) is 13.6. The molecule has 0 saturated heterocycles. The second-order valence-corrected chi connectivity index (χ2v) is 7.00. The molecule has 0 heterocycles. The number of hydrogen-bond donors (Lipinski definition) is 1. The van der Waals surface area contributed by atoms with Crippen LogP contribution in [0.15, 0.2) is 29.8 Å². The van der Waals surface area contributed by atoms with E-state index in [1.54, 1.807) is 6.08 Å². The zero-order valence-electron chi connectivity index (χ0n) is 13.6. The van der Waals surface area contributed by atoms with Crippen LogP contribution in [-0.4, -0.2) is 11.9 Å². The van der Waals surface area contributed by atoms with Gasteiger partial charge < -0.3 is 5.32 Å². The summed E-state index contributed by atoms with van der Waals surface area (Å²) in [6.45, 7) is 6.48. The summed E-state index contributed by atoms with van der Waals surface area (Å²) in [5.41, 5.74) is 2.39. The molecule has 116 valence electrons. The van der Waals surface area contributed by atoms with Crippen molar-refractivity contribution in [2.24, 2.45) is 0 Å². The van der Waals surface area contributed by atoms with E-state index in [0.29, 0.717) is 0 Å². The van der Waals surface area contributed by atoms with Crippen LogP contribution in [0.4, 0.5) is 0 Å². The number of hydrogen-bond acceptors (Lipinski definition) is 2. The van der Waals surface area contributed by atoms with Gasteiger partial charge in [0.05, 0.1) is 0 Å². The van der Waals surface area contributed by atoms with Gasteiger partial charge in [-0.1, -0.05) is 57.9 Å². The molecule has 1 aliphatic rings. The molecule has 1 amide bonds. The third kappa shape index (κ3) is 4.21. The van der Waals surface area contributed by atoms with Crippen molar-refractivity contribution in [3.63, 3.8) is 0 Å². The van der Waals surface area contributed by atoms with E-state index in [-0.39, 0.29) is 22.9 Å². The molecule has 1 fully saturated rings. The Kier molecular flexibility index (Phi) is 5.03. The Bertz CT molecular complexity index is 594. The summed E-state index contributed by atoms with van der Waals surface area (Å²) in [6.07, 6.45) is 6.02. The first-order valence-electron chi connectivity index (χ1n) is 7.93. The average molecular weight is 296 g/mol. The van der Waals surface area contributed by atoms with E-state index in [4.69, 9.17) is 0 Å². The van der Waals surface area contributed by atoms with E-state index >= 15 is 0 Å². The number of benzene rings is 1. The summed E-state index contributed by atoms with van der Waals surface area (Å²) >= 11 is 0. The quantitative estimate of drug-likeness (QED) is 0.678. The highest BCUT2D eigenvalue weighted by atomic mass is 16.1. The lowest BCUT2D eigenvalue weighted by Crippen LogP contribution is -2.33. The largest absolute Gasteiger partial charge is 0.349 e. The van der Waals surface area contributed by atoms with Crippen LogP contribution in [0.3, 0.4) is 0 Å². The van der Waals surface area contributed by atoms with Crippen LogP contribution in [0, 0.1) is 11.3 Å². The van der Waals surface area contributed by atoms with E-state index in [1.165, 1.54) is 5.56 Å². The van der Waals surface area contributed by atoms with Gasteiger partial charge in [0.2, 0.25) is 0 Å². The smallest absolute Gasteiger partial charge is 0.262 e. The van der Waals surface area contributed by atoms with Crippen molar-refractivity contribution in [2.75, 3.05) is 0 Å². The van der Waals surface area contributed by atoms with E-state index in [1.807, 2.05) is 18.2 Å². The number of carbonyl (C=O) groups is 1. The number of nitrogens with one attached hydrogen (secondary N) is 1. The Labute approximate surface area is 133 Å². The van der Waals surface area contributed by atoms with Crippen molar-refractivity contribution >= 4 is 12.0 Å². The van der Waals surface area contributed by atoms with Gasteiger partial charge in [0.1, 0.15) is 11.6 Å². The minimum atomic E-state index is -0.255. The number of nitriles is 1. The second-order valence-electron chi connectivity index (χ2n) is 7.00. The predicted octanol–water partition coefficient (Wildman–Crippen LogP) is 3.95. The van der Waals surface area contributed by atoms with Crippen molar-refractivity contribution in [3.05, 3.63) is 41.0 Å². The lowest BCUT2D eigenvalue weighted by atomic mass is 9.86. The molecule has 0 aliphatic heterocycles. The number of nitrogens with zero attached hydrogens (tertiary/aromatic N) is 1. The molecule has 22 heavy (non-hydrogen) atoms. The molecule has 0 unspecified atom stereocenters. The van der Waals surface area contributed by atoms with Gasteiger partial charge in [-0.25, -0.2) is 0 Å². The normalized spacial score (nSPS) is 16.4. The fraction of sp³-hybridized carbons (Fsp3) is 0.474. The van der Waals surface area contributed by atoms with Crippen molar-refractivity contribution < 1.29 is 4.79 Å². The van der Waals surface area contributed by atoms with Crippen molar-refractivity contribution in [2.45, 2.75) is 57.9 Å². The molecule has 2 rings (SSSR count). The Balaban J connectivity index is 2.11. The number of amides is 1. The van der Waals surface area contributed by atoms with Gasteiger partial charge >= 0.3 is 0 Å². The van der Waals surface area contributed by atoms with Crippen LogP contribution in [0.1, 0.15) is 57.6 Å². The Morgan fingerprint density at radius 2 is 1.82 bits per heavy atom. The van der Waals surface area contributed by atoms with Gasteiger partial charge in [-0.15, -0.1) is 0 Å². The highest BCUT2D eigenvalue weighted by Gasteiger charge is 2.19. The molecular weight excluding hydrogens is 272 g/mol. The standard InChI is InChI=1S/C19H24N2O/c1-19(2,3)16-10-8-14(9-11-16)12-15(13-20)18(22)21-17-6-4-5-7-17/h8-12,17H,4-7H2,1-3H3,(H,21,22)/b15-12+. The van der Waals surface area contributed by atoms with Gasteiger partial charge in [-0.3, -0.25) is 4.79 Å². The molecule has 0 radical (unpaired) electrons. The summed E-state index contributed by atoms with van der Waals surface area (Å²) in [6, 6.07) is 10.3. The molecule has 3 heteroatoms. The van der Waals surface area contributed by atoms with Crippen LogP contribution in [0.25, 0.3) is 6.08 Å². The minimum absolute atomic E-state index is 0.0974. The maximum Gasteiger partial charge on any atom is 0.262 e. The van der Waals surface area contributed by atoms with Crippen molar-refractivity contribution in [3.8, 4) is 6.07 Å². The third-order valence-corrected chi connectivity index (χ3v) is 4.14. The van der Waals surface area contributed by atoms with E-state index in [2.05, 4.69) is 38.2 Å². The summed E-state index contributed by atoms with van der Waals surface area (Å²) < 4.78 is 0. The first-order chi connectivity index (χ1) is 10.4. The maximum absolute atomic E-state index is 12.2. The minimum Gasteiger partial charge on any atom is -0.349 e. The van der Waals surface area contributed by atoms with Crippen molar-refractivity contribution in [1.29, 1.82) is 5.26 Å². The summed E-state index contributed by atoms with van der Waals surface area (Å²) in [4.78, 5) is 12.2. The Morgan fingerprint density at radius 3 is 2.32 bits per heavy atom. The average Bonchev–Trinajstić information content (AvgIpc) is 2.97. The lowest BCUT2D eigenvalue weighted by molar-refractivity contribution is -0.117. The first kappa shape index (κ1) is 16.3. The second kappa shape index (κ2) is 6.79. The lowest BCUT2D eigenvalue weighted by Gasteiger charge is -2.18. The van der Waals surface area contributed by atoms with Crippen LogP contribution >= 0.6 is 0 Å². The Hall–Kier alpha value is -2.08. The van der Waals surface area contributed by atoms with Crippen LogP contribution in [0.5, 0.6) is 0 Å². The molecule has 1 aliphatic carbocycles. The summed E-state index contributed by atoms with van der Waals surface area (Å²) in [5, 5.41) is 12.2. The maximum atomic E-state index is 12.2. The van der Waals surface area contributed by atoms with Gasteiger partial charge in [-0.05, 0) is 35.5 Å². The van der Waals surface area contributed by atoms with Gasteiger partial charge in [0, 0.05) is 6.04 Å². The van der Waals surface area contributed by atoms with Crippen molar-refractivity contribution in [1.82, 2.24) is 5.32 Å². The Morgan fingerprint density at radius 1 is 1.23 bits per heavy atom. The fourth-order valence-corrected chi connectivity index (χ4v) is 2.73. The van der Waals surface area contributed by atoms with Gasteiger partial charge in [0.15, 0.2) is 0 Å². The highest BCUT2D eigenvalue weighted by Crippen LogP contribution is 2.23. The molecule has 0 spiro atoms. The molecule has 3 nitrogen and oxygen atoms in total. The molecule has 0 atom stereocenters. The molecule has 1 aromatic rings. The van der Waals surface area contributed by atoms with Crippen LogP contribution < -0.4 is 5.32 Å². The van der Waals surface area contributed by atoms with Crippen LogP contribution in [-0.2, 0) is 10.2 Å². The van der Waals surface area contributed by atoms with E-state index in [0.717, 1.165) is 31.2 Å². The molecule has 0 bridgehead atoms. The topological polar surface area (TPSA) is 52.9 Å². The van der Waals surface area contributed by atoms with Gasteiger partial charge in [0.25, 0.3) is 5.91 Å². The third-order valence-electron chi connectivity index (χ3n) is 4.14. The highest BCUT2D eigenvalue weighted by molar-refractivity contribution is 6.01. The fourth-order valence-electron chi connectivity index (χ4n) is 2.73. The molecule has 0 aromatic heterocycles. The van der Waals surface area contributed by atoms with E-state index in [9.17, 15) is 10.1 Å². The van der Waals surface area contributed by atoms with Crippen LogP contribution in [0.2, 0.25) is 0 Å². The van der Waals surface area contributed by atoms with Gasteiger partial charge in [-0.2, -0.15) is 5.26 Å². The monoisotopic (exact) mass is 296 g/mol. The van der Waals surface area contributed by atoms with E-state index < -0.39 is 0 Å². The predicted molar refractivity (Wildman–Crippen MR) is 89.1 cm³/mol. The number of rotatable bonds is 3. The summed E-state index contributed by atoms with van der Waals surface area (Å²) in [7, 11) is 0. The molecular formula is C19H24N2O. The zero-order chi connectivity index (χ0) is 16.2. The summed E-state index contributed by atoms with van der Waals surface area (Å²) in [5.74, 6) is -0.255. The molecule has 1 aromatic carbocycles. The molecule has 1 saturated carbocycles. The number of carbonyl (C=O) groups excluding carboxylic acids is 1. The SMILES string of the molecule is CC(C)(C)c1ccc(/C=C(\C#N)C(=O)NC2CCCC2)cc1. The molecule has 1 N–H and O–H groups in total. The first-order valence-corrected chi connectivity index (χ1v) is 7.93.